The van der Waals surface area contributed by atoms with Crippen molar-refractivity contribution in [2.45, 2.75) is 23.3 Å². The summed E-state index contributed by atoms with van der Waals surface area (Å²) in [5.41, 5.74) is -0.830. The van der Waals surface area contributed by atoms with Gasteiger partial charge in [0.25, 0.3) is 0 Å². The molecule has 1 saturated carbocycles. The number of hydrogen-bond acceptors (Lipinski definition) is 5. The van der Waals surface area contributed by atoms with E-state index in [1.807, 2.05) is 6.07 Å². The van der Waals surface area contributed by atoms with E-state index in [0.717, 1.165) is 11.8 Å². The van der Waals surface area contributed by atoms with Crippen LogP contribution in [0.5, 0.6) is 0 Å². The van der Waals surface area contributed by atoms with Crippen molar-refractivity contribution >= 4 is 27.6 Å². The molecule has 1 unspecified atom stereocenters. The number of halogens is 1. The van der Waals surface area contributed by atoms with Crippen molar-refractivity contribution in [1.82, 2.24) is 19.5 Å². The summed E-state index contributed by atoms with van der Waals surface area (Å²) >= 11 is 5.83. The first-order valence-corrected chi connectivity index (χ1v) is 10.6. The number of carboxylic acids is 1. The van der Waals surface area contributed by atoms with Crippen molar-refractivity contribution in [3.8, 4) is 5.82 Å². The van der Waals surface area contributed by atoms with Crippen LogP contribution in [0.25, 0.3) is 5.82 Å². The minimum atomic E-state index is -4.12. The Balaban J connectivity index is 1.62. The largest absolute Gasteiger partial charge is 0.480 e. The Morgan fingerprint density at radius 1 is 1.21 bits per heavy atom. The molecule has 0 bridgehead atoms. The van der Waals surface area contributed by atoms with Gasteiger partial charge in [0.15, 0.2) is 5.82 Å². The first-order valence-electron chi connectivity index (χ1n) is 8.74. The van der Waals surface area contributed by atoms with E-state index in [2.05, 4.69) is 14.8 Å². The van der Waals surface area contributed by atoms with Crippen LogP contribution in [0.15, 0.2) is 66.0 Å². The average molecular weight is 433 g/mol. The lowest BCUT2D eigenvalue weighted by Crippen LogP contribution is -2.45. The van der Waals surface area contributed by atoms with Gasteiger partial charge in [-0.15, -0.1) is 0 Å². The molecule has 1 aliphatic carbocycles. The third-order valence-electron chi connectivity index (χ3n) is 5.23. The van der Waals surface area contributed by atoms with Crippen molar-refractivity contribution in [2.75, 3.05) is 0 Å². The van der Waals surface area contributed by atoms with Gasteiger partial charge in [-0.05, 0) is 23.6 Å². The van der Waals surface area contributed by atoms with Crippen molar-refractivity contribution < 1.29 is 18.3 Å². The Morgan fingerprint density at radius 3 is 2.48 bits per heavy atom. The van der Waals surface area contributed by atoms with E-state index in [-0.39, 0.29) is 4.90 Å². The molecule has 1 aromatic carbocycles. The van der Waals surface area contributed by atoms with Crippen LogP contribution in [0.1, 0.15) is 18.4 Å². The number of hydrogen-bond donors (Lipinski definition) is 2. The van der Waals surface area contributed by atoms with Crippen LogP contribution >= 0.6 is 11.6 Å². The van der Waals surface area contributed by atoms with Crippen LogP contribution in [0.4, 0.5) is 0 Å². The smallest absolute Gasteiger partial charge is 0.325 e. The van der Waals surface area contributed by atoms with Crippen LogP contribution in [-0.2, 0) is 14.8 Å². The summed E-state index contributed by atoms with van der Waals surface area (Å²) in [4.78, 5) is 16.0. The van der Waals surface area contributed by atoms with Gasteiger partial charge in [0.05, 0.1) is 17.4 Å². The van der Waals surface area contributed by atoms with Crippen molar-refractivity contribution in [3.05, 3.63) is 71.6 Å². The number of carboxylic acid groups (broad SMARTS) is 1. The molecule has 0 spiro atoms. The van der Waals surface area contributed by atoms with Crippen LogP contribution in [0.2, 0.25) is 5.02 Å². The topological polar surface area (TPSA) is 114 Å². The van der Waals surface area contributed by atoms with E-state index in [0.29, 0.717) is 10.8 Å². The van der Waals surface area contributed by atoms with Crippen LogP contribution in [0.3, 0.4) is 0 Å². The Morgan fingerprint density at radius 2 is 1.93 bits per heavy atom. The van der Waals surface area contributed by atoms with Gasteiger partial charge >= 0.3 is 5.97 Å². The van der Waals surface area contributed by atoms with E-state index in [1.165, 1.54) is 29.2 Å². The highest BCUT2D eigenvalue weighted by atomic mass is 35.5. The summed E-state index contributed by atoms with van der Waals surface area (Å²) in [6.45, 7) is 1.72. The zero-order chi connectivity index (χ0) is 20.8. The van der Waals surface area contributed by atoms with Gasteiger partial charge in [-0.3, -0.25) is 4.79 Å². The molecule has 3 aromatic rings. The maximum absolute atomic E-state index is 12.9. The van der Waals surface area contributed by atoms with Crippen molar-refractivity contribution in [1.29, 1.82) is 0 Å². The van der Waals surface area contributed by atoms with E-state index in [9.17, 15) is 18.3 Å². The highest BCUT2D eigenvalue weighted by molar-refractivity contribution is 7.89. The summed E-state index contributed by atoms with van der Waals surface area (Å²) < 4.78 is 29.6. The molecular formula is C19H17ClN4O4S. The number of pyridine rings is 1. The average Bonchev–Trinajstić information content (AvgIpc) is 3.05. The first kappa shape index (κ1) is 19.6. The van der Waals surface area contributed by atoms with Gasteiger partial charge in [0.1, 0.15) is 10.4 Å². The summed E-state index contributed by atoms with van der Waals surface area (Å²) in [6.07, 6.45) is 4.13. The third-order valence-corrected chi connectivity index (χ3v) is 6.90. The van der Waals surface area contributed by atoms with E-state index in [4.69, 9.17) is 11.6 Å². The summed E-state index contributed by atoms with van der Waals surface area (Å²) in [5, 5.41) is 14.3. The Kier molecular flexibility index (Phi) is 4.68. The van der Waals surface area contributed by atoms with Gasteiger partial charge in [-0.2, -0.15) is 9.82 Å². The summed E-state index contributed by atoms with van der Waals surface area (Å²) in [7, 11) is -4.12. The maximum atomic E-state index is 12.9. The molecule has 29 heavy (non-hydrogen) atoms. The Labute approximate surface area is 172 Å². The zero-order valence-electron chi connectivity index (χ0n) is 15.2. The molecule has 2 N–H and O–H groups in total. The highest BCUT2D eigenvalue weighted by Crippen LogP contribution is 2.58. The molecule has 0 amide bonds. The normalized spacial score (nSPS) is 23.7. The molecule has 150 valence electrons. The molecule has 0 aliphatic heterocycles. The van der Waals surface area contributed by atoms with Gasteiger partial charge < -0.3 is 5.11 Å². The molecule has 2 aromatic heterocycles. The number of benzene rings is 1. The van der Waals surface area contributed by atoms with Crippen LogP contribution in [0, 0.1) is 5.92 Å². The minimum Gasteiger partial charge on any atom is -0.480 e. The highest BCUT2D eigenvalue weighted by Gasteiger charge is 2.70. The number of sulfonamides is 1. The maximum Gasteiger partial charge on any atom is 0.325 e. The SMILES string of the molecule is CC1[C@H](c2ccccc2)[C@]1(NS(=O)(=O)c1ccc(-n2cc(Cl)cn2)nc1)C(=O)O. The van der Waals surface area contributed by atoms with Crippen molar-refractivity contribution in [2.24, 2.45) is 5.92 Å². The van der Waals surface area contributed by atoms with E-state index >= 15 is 0 Å². The molecule has 10 heteroatoms. The predicted octanol–water partition coefficient (Wildman–Crippen LogP) is 2.46. The number of aromatic nitrogens is 3. The fraction of sp³-hybridized carbons (Fsp3) is 0.211. The van der Waals surface area contributed by atoms with Crippen molar-refractivity contribution in [3.63, 3.8) is 0 Å². The fourth-order valence-electron chi connectivity index (χ4n) is 3.68. The molecule has 0 radical (unpaired) electrons. The molecular weight excluding hydrogens is 416 g/mol. The number of nitrogens with zero attached hydrogens (tertiary/aromatic N) is 3. The summed E-state index contributed by atoms with van der Waals surface area (Å²) in [5.74, 6) is -1.70. The molecule has 3 atom stereocenters. The van der Waals surface area contributed by atoms with Gasteiger partial charge in [-0.1, -0.05) is 48.9 Å². The Bertz CT molecular complexity index is 1160. The molecule has 4 rings (SSSR count). The van der Waals surface area contributed by atoms with Crippen LogP contribution < -0.4 is 4.72 Å². The van der Waals surface area contributed by atoms with Gasteiger partial charge in [-0.25, -0.2) is 18.1 Å². The molecule has 8 nitrogen and oxygen atoms in total. The molecule has 1 aliphatic rings. The monoisotopic (exact) mass is 432 g/mol. The minimum absolute atomic E-state index is 0.133. The van der Waals surface area contributed by atoms with Crippen LogP contribution in [-0.4, -0.2) is 39.8 Å². The number of rotatable bonds is 6. The third kappa shape index (κ3) is 3.31. The second-order valence-corrected chi connectivity index (χ2v) is 9.03. The zero-order valence-corrected chi connectivity index (χ0v) is 16.8. The lowest BCUT2D eigenvalue weighted by molar-refractivity contribution is -0.140. The van der Waals surface area contributed by atoms with E-state index in [1.54, 1.807) is 31.2 Å². The number of nitrogens with one attached hydrogen (secondary N) is 1. The van der Waals surface area contributed by atoms with Gasteiger partial charge in [0, 0.05) is 12.1 Å². The Hall–Kier alpha value is -2.75. The van der Waals surface area contributed by atoms with E-state index < -0.39 is 33.4 Å². The second-order valence-electron chi connectivity index (χ2n) is 6.91. The second kappa shape index (κ2) is 6.94. The quantitative estimate of drug-likeness (QED) is 0.618. The lowest BCUT2D eigenvalue weighted by Gasteiger charge is -2.16. The molecule has 0 saturated heterocycles. The predicted molar refractivity (Wildman–Crippen MR) is 105 cm³/mol. The number of carbonyl (C=O) groups is 1. The first-order chi connectivity index (χ1) is 13.8. The van der Waals surface area contributed by atoms with Gasteiger partial charge in [0.2, 0.25) is 10.0 Å². The molecule has 1 fully saturated rings. The number of aliphatic carboxylic acids is 1. The summed E-state index contributed by atoms with van der Waals surface area (Å²) in [6, 6.07) is 11.8. The standard InChI is InChI=1S/C19H17ClN4O4S/c1-12-17(13-5-3-2-4-6-13)19(12,18(25)26)23-29(27,28)15-7-8-16(21-10-15)24-11-14(20)9-22-24/h2-12,17,23H,1H3,(H,25,26)/t12?,17-,19+/m1/s1. The lowest BCUT2D eigenvalue weighted by atomic mass is 10.1. The molecule has 2 heterocycles. The fourth-order valence-corrected chi connectivity index (χ4v) is 5.21.